The Hall–Kier alpha value is -2.68. The first-order valence-electron chi connectivity index (χ1n) is 7.19. The first-order valence-corrected chi connectivity index (χ1v) is 7.19. The number of allylic oxidation sites excluding steroid dienone is 1. The van der Waals surface area contributed by atoms with Crippen molar-refractivity contribution in [3.05, 3.63) is 78.6 Å². The van der Waals surface area contributed by atoms with E-state index in [1.807, 2.05) is 10.7 Å². The standard InChI is InChI=1S/C19H17FN2/c1-3-12-22-19(16-8-10-17(20)11-9-16)13-18(21-22)15-6-4-14(2)5-7-15/h3-11,13H,1,12H2,2H3. The number of hydrogen-bond acceptors (Lipinski definition) is 1. The van der Waals surface area contributed by atoms with Gasteiger partial charge in [0.05, 0.1) is 17.9 Å². The van der Waals surface area contributed by atoms with Crippen LogP contribution in [0.5, 0.6) is 0 Å². The SMILES string of the molecule is C=CCn1nc(-c2ccc(C)cc2)cc1-c1ccc(F)cc1. The molecule has 0 aliphatic carbocycles. The predicted octanol–water partition coefficient (Wildman–Crippen LogP) is 4.85. The molecular weight excluding hydrogens is 275 g/mol. The van der Waals surface area contributed by atoms with Crippen molar-refractivity contribution in [2.45, 2.75) is 13.5 Å². The number of halogens is 1. The number of nitrogens with zero attached hydrogens (tertiary/aromatic N) is 2. The zero-order valence-corrected chi connectivity index (χ0v) is 12.5. The van der Waals surface area contributed by atoms with Crippen molar-refractivity contribution in [3.8, 4) is 22.5 Å². The van der Waals surface area contributed by atoms with Gasteiger partial charge in [-0.05, 0) is 37.3 Å². The lowest BCUT2D eigenvalue weighted by atomic mass is 10.1. The van der Waals surface area contributed by atoms with Gasteiger partial charge < -0.3 is 0 Å². The van der Waals surface area contributed by atoms with E-state index >= 15 is 0 Å². The summed E-state index contributed by atoms with van der Waals surface area (Å²) in [6.07, 6.45) is 1.80. The topological polar surface area (TPSA) is 17.8 Å². The van der Waals surface area contributed by atoms with Crippen LogP contribution in [0.15, 0.2) is 67.3 Å². The molecule has 0 radical (unpaired) electrons. The van der Waals surface area contributed by atoms with Crippen LogP contribution in [0.2, 0.25) is 0 Å². The summed E-state index contributed by atoms with van der Waals surface area (Å²) in [7, 11) is 0. The summed E-state index contributed by atoms with van der Waals surface area (Å²) in [5, 5.41) is 4.65. The maximum atomic E-state index is 13.1. The molecule has 0 saturated heterocycles. The van der Waals surface area contributed by atoms with Crippen LogP contribution < -0.4 is 0 Å². The van der Waals surface area contributed by atoms with Gasteiger partial charge in [0.15, 0.2) is 0 Å². The minimum absolute atomic E-state index is 0.239. The van der Waals surface area contributed by atoms with Gasteiger partial charge in [-0.1, -0.05) is 35.9 Å². The van der Waals surface area contributed by atoms with E-state index in [4.69, 9.17) is 0 Å². The van der Waals surface area contributed by atoms with Gasteiger partial charge in [0.25, 0.3) is 0 Å². The molecule has 0 bridgehead atoms. The van der Waals surface area contributed by atoms with Gasteiger partial charge in [-0.2, -0.15) is 5.10 Å². The van der Waals surface area contributed by atoms with E-state index in [1.165, 1.54) is 17.7 Å². The molecule has 0 atom stereocenters. The van der Waals surface area contributed by atoms with Crippen molar-refractivity contribution >= 4 is 0 Å². The fourth-order valence-corrected chi connectivity index (χ4v) is 2.40. The average Bonchev–Trinajstić information content (AvgIpc) is 2.93. The quantitative estimate of drug-likeness (QED) is 0.628. The van der Waals surface area contributed by atoms with Gasteiger partial charge in [0.2, 0.25) is 0 Å². The molecule has 3 rings (SSSR count). The van der Waals surface area contributed by atoms with Gasteiger partial charge in [0, 0.05) is 11.1 Å². The molecule has 1 aromatic heterocycles. The Morgan fingerprint density at radius 3 is 2.32 bits per heavy atom. The molecule has 2 aromatic carbocycles. The van der Waals surface area contributed by atoms with E-state index in [9.17, 15) is 4.39 Å². The molecule has 0 spiro atoms. The lowest BCUT2D eigenvalue weighted by Crippen LogP contribution is -2.00. The summed E-state index contributed by atoms with van der Waals surface area (Å²) < 4.78 is 15.0. The maximum absolute atomic E-state index is 13.1. The minimum Gasteiger partial charge on any atom is -0.260 e. The first kappa shape index (κ1) is 14.3. The third-order valence-electron chi connectivity index (χ3n) is 3.57. The molecule has 1 heterocycles. The molecule has 3 heteroatoms. The van der Waals surface area contributed by atoms with Crippen molar-refractivity contribution < 1.29 is 4.39 Å². The lowest BCUT2D eigenvalue weighted by molar-refractivity contribution is 0.628. The Bertz CT molecular complexity index is 783. The number of aryl methyl sites for hydroxylation is 1. The van der Waals surface area contributed by atoms with Crippen LogP contribution in [0.3, 0.4) is 0 Å². The summed E-state index contributed by atoms with van der Waals surface area (Å²) in [5.74, 6) is -0.239. The molecule has 2 nitrogen and oxygen atoms in total. The third-order valence-corrected chi connectivity index (χ3v) is 3.57. The maximum Gasteiger partial charge on any atom is 0.123 e. The van der Waals surface area contributed by atoms with Crippen LogP contribution in [-0.4, -0.2) is 9.78 Å². The normalized spacial score (nSPS) is 10.6. The minimum atomic E-state index is -0.239. The van der Waals surface area contributed by atoms with Crippen molar-refractivity contribution in [2.24, 2.45) is 0 Å². The Labute approximate surface area is 129 Å². The Kier molecular flexibility index (Phi) is 3.88. The summed E-state index contributed by atoms with van der Waals surface area (Å²) in [6.45, 7) is 6.45. The van der Waals surface area contributed by atoms with Gasteiger partial charge in [-0.15, -0.1) is 6.58 Å². The zero-order valence-electron chi connectivity index (χ0n) is 12.5. The number of hydrogen-bond donors (Lipinski definition) is 0. The largest absolute Gasteiger partial charge is 0.260 e. The van der Waals surface area contributed by atoms with Crippen molar-refractivity contribution in [1.29, 1.82) is 0 Å². The smallest absolute Gasteiger partial charge is 0.123 e. The molecule has 3 aromatic rings. The third kappa shape index (κ3) is 2.84. The lowest BCUT2D eigenvalue weighted by Gasteiger charge is -2.04. The molecule has 0 amide bonds. The van der Waals surface area contributed by atoms with Gasteiger partial charge in [0.1, 0.15) is 5.82 Å². The van der Waals surface area contributed by atoms with Crippen LogP contribution in [0.25, 0.3) is 22.5 Å². The van der Waals surface area contributed by atoms with E-state index in [2.05, 4.69) is 42.9 Å². The first-order chi connectivity index (χ1) is 10.7. The molecule has 0 unspecified atom stereocenters. The van der Waals surface area contributed by atoms with Crippen LogP contribution in [0.1, 0.15) is 5.56 Å². The second-order valence-corrected chi connectivity index (χ2v) is 5.26. The number of aromatic nitrogens is 2. The summed E-state index contributed by atoms with van der Waals surface area (Å²) in [4.78, 5) is 0. The molecule has 0 aliphatic heterocycles. The highest BCUT2D eigenvalue weighted by Gasteiger charge is 2.10. The molecular formula is C19H17FN2. The Morgan fingerprint density at radius 2 is 1.68 bits per heavy atom. The van der Waals surface area contributed by atoms with E-state index in [-0.39, 0.29) is 5.82 Å². The Balaban J connectivity index is 2.07. The highest BCUT2D eigenvalue weighted by atomic mass is 19.1. The van der Waals surface area contributed by atoms with Gasteiger partial charge in [-0.3, -0.25) is 4.68 Å². The van der Waals surface area contributed by atoms with E-state index in [1.54, 1.807) is 18.2 Å². The van der Waals surface area contributed by atoms with E-state index < -0.39 is 0 Å². The zero-order chi connectivity index (χ0) is 15.5. The molecule has 0 aliphatic rings. The van der Waals surface area contributed by atoms with Crippen LogP contribution in [0.4, 0.5) is 4.39 Å². The second kappa shape index (κ2) is 5.98. The summed E-state index contributed by atoms with van der Waals surface area (Å²) in [6, 6.07) is 16.8. The van der Waals surface area contributed by atoms with Crippen LogP contribution in [-0.2, 0) is 6.54 Å². The molecule has 22 heavy (non-hydrogen) atoms. The molecule has 0 saturated carbocycles. The summed E-state index contributed by atoms with van der Waals surface area (Å²) >= 11 is 0. The van der Waals surface area contributed by atoms with Gasteiger partial charge >= 0.3 is 0 Å². The van der Waals surface area contributed by atoms with Crippen molar-refractivity contribution in [1.82, 2.24) is 9.78 Å². The fraction of sp³-hybridized carbons (Fsp3) is 0.105. The second-order valence-electron chi connectivity index (χ2n) is 5.26. The van der Waals surface area contributed by atoms with E-state index in [0.717, 1.165) is 22.5 Å². The van der Waals surface area contributed by atoms with Crippen molar-refractivity contribution in [3.63, 3.8) is 0 Å². The fourth-order valence-electron chi connectivity index (χ4n) is 2.40. The molecule has 110 valence electrons. The van der Waals surface area contributed by atoms with Crippen LogP contribution >= 0.6 is 0 Å². The Morgan fingerprint density at radius 1 is 1.05 bits per heavy atom. The highest BCUT2D eigenvalue weighted by Crippen LogP contribution is 2.26. The predicted molar refractivity (Wildman–Crippen MR) is 88.0 cm³/mol. The monoisotopic (exact) mass is 292 g/mol. The van der Waals surface area contributed by atoms with Gasteiger partial charge in [-0.25, -0.2) is 4.39 Å². The average molecular weight is 292 g/mol. The summed E-state index contributed by atoms with van der Waals surface area (Å²) in [5.41, 5.74) is 5.08. The number of rotatable bonds is 4. The van der Waals surface area contributed by atoms with Crippen LogP contribution in [0, 0.1) is 12.7 Å². The van der Waals surface area contributed by atoms with E-state index in [0.29, 0.717) is 6.54 Å². The van der Waals surface area contributed by atoms with Crippen molar-refractivity contribution in [2.75, 3.05) is 0 Å². The molecule has 0 N–H and O–H groups in total. The highest BCUT2D eigenvalue weighted by molar-refractivity contribution is 5.69. The number of benzene rings is 2. The molecule has 0 fully saturated rings.